The van der Waals surface area contributed by atoms with Crippen molar-refractivity contribution in [3.63, 3.8) is 0 Å². The van der Waals surface area contributed by atoms with Gasteiger partial charge in [0.15, 0.2) is 0 Å². The third kappa shape index (κ3) is 5.23. The molecule has 0 fully saturated rings. The lowest BCUT2D eigenvalue weighted by Crippen LogP contribution is -2.24. The minimum Gasteiger partial charge on any atom is -0.347 e. The van der Waals surface area contributed by atoms with Crippen LogP contribution >= 0.6 is 0 Å². The smallest absolute Gasteiger partial charge is 0.240 e. The maximum Gasteiger partial charge on any atom is 0.240 e. The first-order chi connectivity index (χ1) is 11.7. The summed E-state index contributed by atoms with van der Waals surface area (Å²) in [6, 6.07) is 7.67. The van der Waals surface area contributed by atoms with Crippen molar-refractivity contribution < 1.29 is 13.2 Å². The molecule has 1 aromatic carbocycles. The molecule has 0 bridgehead atoms. The summed E-state index contributed by atoms with van der Waals surface area (Å²) >= 11 is 0. The number of rotatable bonds is 6. The molecule has 0 saturated carbocycles. The first kappa shape index (κ1) is 18.8. The molecular formula is C16H21N5O3S. The van der Waals surface area contributed by atoms with E-state index in [1.54, 1.807) is 11.0 Å². The van der Waals surface area contributed by atoms with E-state index >= 15 is 0 Å². The molecule has 2 rings (SSSR count). The number of amides is 1. The summed E-state index contributed by atoms with van der Waals surface area (Å²) in [7, 11) is -0.0488. The van der Waals surface area contributed by atoms with Gasteiger partial charge in [-0.25, -0.2) is 23.1 Å². The highest BCUT2D eigenvalue weighted by Gasteiger charge is 2.15. The molecule has 1 heterocycles. The molecule has 8 nitrogen and oxygen atoms in total. The van der Waals surface area contributed by atoms with E-state index < -0.39 is 10.0 Å². The zero-order chi connectivity index (χ0) is 18.6. The molecule has 0 aliphatic heterocycles. The lowest BCUT2D eigenvalue weighted by atomic mass is 10.3. The SMILES string of the molecule is CC(=O)Nc1ccc(S(=O)(=O)NCc2cc(C)nc(N(C)C)n2)cc1. The number of hydrogen-bond acceptors (Lipinski definition) is 6. The Morgan fingerprint density at radius 3 is 2.36 bits per heavy atom. The topological polar surface area (TPSA) is 104 Å². The van der Waals surface area contributed by atoms with Crippen LogP contribution in [0.4, 0.5) is 11.6 Å². The van der Waals surface area contributed by atoms with Crippen molar-refractivity contribution >= 4 is 27.6 Å². The summed E-state index contributed by atoms with van der Waals surface area (Å²) in [6.07, 6.45) is 0. The molecule has 2 aromatic rings. The van der Waals surface area contributed by atoms with Crippen LogP contribution in [-0.4, -0.2) is 38.4 Å². The summed E-state index contributed by atoms with van der Waals surface area (Å²) in [6.45, 7) is 3.27. The van der Waals surface area contributed by atoms with Crippen LogP contribution in [0.3, 0.4) is 0 Å². The maximum atomic E-state index is 12.4. The molecule has 9 heteroatoms. The van der Waals surface area contributed by atoms with Crippen molar-refractivity contribution in [1.29, 1.82) is 0 Å². The number of nitrogens with zero attached hydrogens (tertiary/aromatic N) is 3. The van der Waals surface area contributed by atoms with Crippen LogP contribution < -0.4 is 14.9 Å². The van der Waals surface area contributed by atoms with Crippen LogP contribution in [0.2, 0.25) is 0 Å². The molecular weight excluding hydrogens is 342 g/mol. The number of nitrogens with one attached hydrogen (secondary N) is 2. The summed E-state index contributed by atoms with van der Waals surface area (Å²) < 4.78 is 27.3. The van der Waals surface area contributed by atoms with Gasteiger partial charge in [0.1, 0.15) is 0 Å². The number of anilines is 2. The minimum atomic E-state index is -3.69. The minimum absolute atomic E-state index is 0.0555. The van der Waals surface area contributed by atoms with Crippen molar-refractivity contribution in [1.82, 2.24) is 14.7 Å². The third-order valence-corrected chi connectivity index (χ3v) is 4.64. The Morgan fingerprint density at radius 2 is 1.80 bits per heavy atom. The Balaban J connectivity index is 2.12. The van der Waals surface area contributed by atoms with Gasteiger partial charge in [-0.2, -0.15) is 0 Å². The number of aromatic nitrogens is 2. The van der Waals surface area contributed by atoms with Gasteiger partial charge in [0.05, 0.1) is 17.1 Å². The van der Waals surface area contributed by atoms with E-state index in [0.29, 0.717) is 17.3 Å². The lowest BCUT2D eigenvalue weighted by Gasteiger charge is -2.13. The van der Waals surface area contributed by atoms with E-state index in [4.69, 9.17) is 0 Å². The molecule has 0 aliphatic rings. The van der Waals surface area contributed by atoms with Crippen LogP contribution in [0.15, 0.2) is 35.2 Å². The largest absolute Gasteiger partial charge is 0.347 e. The molecule has 0 saturated heterocycles. The molecule has 0 atom stereocenters. The van der Waals surface area contributed by atoms with E-state index in [-0.39, 0.29) is 17.3 Å². The normalized spacial score (nSPS) is 11.2. The van der Waals surface area contributed by atoms with Gasteiger partial charge < -0.3 is 10.2 Å². The van der Waals surface area contributed by atoms with Crippen LogP contribution in [0.1, 0.15) is 18.3 Å². The second-order valence-corrected chi connectivity index (χ2v) is 7.49. The summed E-state index contributed by atoms with van der Waals surface area (Å²) in [5.41, 5.74) is 1.87. The summed E-state index contributed by atoms with van der Waals surface area (Å²) in [5.74, 6) is 0.304. The van der Waals surface area contributed by atoms with Crippen LogP contribution in [0, 0.1) is 6.92 Å². The van der Waals surface area contributed by atoms with Gasteiger partial charge in [0.25, 0.3) is 0 Å². The van der Waals surface area contributed by atoms with Gasteiger partial charge >= 0.3 is 0 Å². The molecule has 0 radical (unpaired) electrons. The third-order valence-electron chi connectivity index (χ3n) is 3.22. The van der Waals surface area contributed by atoms with Crippen molar-refractivity contribution in [3.05, 3.63) is 41.7 Å². The molecule has 0 unspecified atom stereocenters. The Labute approximate surface area is 147 Å². The van der Waals surface area contributed by atoms with Crippen molar-refractivity contribution in [2.45, 2.75) is 25.3 Å². The van der Waals surface area contributed by atoms with Gasteiger partial charge in [-0.3, -0.25) is 4.79 Å². The van der Waals surface area contributed by atoms with Crippen LogP contribution in [0.5, 0.6) is 0 Å². The fraction of sp³-hybridized carbons (Fsp3) is 0.312. The predicted molar refractivity (Wildman–Crippen MR) is 95.9 cm³/mol. The molecule has 1 aromatic heterocycles. The fourth-order valence-electron chi connectivity index (χ4n) is 2.08. The zero-order valence-electron chi connectivity index (χ0n) is 14.6. The highest BCUT2D eigenvalue weighted by atomic mass is 32.2. The number of aryl methyl sites for hydroxylation is 1. The Hall–Kier alpha value is -2.52. The van der Waals surface area contributed by atoms with Gasteiger partial charge in [-0.1, -0.05) is 0 Å². The second kappa shape index (κ2) is 7.58. The van der Waals surface area contributed by atoms with Crippen LogP contribution in [0.25, 0.3) is 0 Å². The fourth-order valence-corrected chi connectivity index (χ4v) is 3.08. The van der Waals surface area contributed by atoms with E-state index in [1.807, 2.05) is 21.0 Å². The van der Waals surface area contributed by atoms with E-state index in [0.717, 1.165) is 5.69 Å². The average molecular weight is 363 g/mol. The monoisotopic (exact) mass is 363 g/mol. The average Bonchev–Trinajstić information content (AvgIpc) is 2.52. The molecule has 1 amide bonds. The van der Waals surface area contributed by atoms with E-state index in [2.05, 4.69) is 20.0 Å². The molecule has 134 valence electrons. The maximum absolute atomic E-state index is 12.4. The van der Waals surface area contributed by atoms with Gasteiger partial charge in [-0.15, -0.1) is 0 Å². The number of benzene rings is 1. The zero-order valence-corrected chi connectivity index (χ0v) is 15.4. The second-order valence-electron chi connectivity index (χ2n) is 5.73. The highest BCUT2D eigenvalue weighted by Crippen LogP contribution is 2.15. The Bertz CT molecular complexity index is 864. The van der Waals surface area contributed by atoms with Crippen molar-refractivity contribution in [2.75, 3.05) is 24.3 Å². The lowest BCUT2D eigenvalue weighted by molar-refractivity contribution is -0.114. The molecule has 2 N–H and O–H groups in total. The van der Waals surface area contributed by atoms with Gasteiger partial charge in [-0.05, 0) is 37.3 Å². The van der Waals surface area contributed by atoms with Crippen LogP contribution in [-0.2, 0) is 21.4 Å². The molecule has 0 aliphatic carbocycles. The number of sulfonamides is 1. The van der Waals surface area contributed by atoms with Crippen molar-refractivity contribution in [3.8, 4) is 0 Å². The Kier molecular flexibility index (Phi) is 5.70. The standard InChI is InChI=1S/C16H21N5O3S/c1-11-9-14(20-16(18-11)21(3)4)10-17-25(23,24)15-7-5-13(6-8-15)19-12(2)22/h5-9,17H,10H2,1-4H3,(H,19,22). The van der Waals surface area contributed by atoms with E-state index in [1.165, 1.54) is 31.2 Å². The number of hydrogen-bond donors (Lipinski definition) is 2. The number of carbonyl (C=O) groups excluding carboxylic acids is 1. The van der Waals surface area contributed by atoms with Gasteiger partial charge in [0.2, 0.25) is 21.9 Å². The molecule has 0 spiro atoms. The van der Waals surface area contributed by atoms with E-state index in [9.17, 15) is 13.2 Å². The summed E-state index contributed by atoms with van der Waals surface area (Å²) in [4.78, 5) is 21.5. The first-order valence-corrected chi connectivity index (χ1v) is 9.05. The first-order valence-electron chi connectivity index (χ1n) is 7.56. The highest BCUT2D eigenvalue weighted by molar-refractivity contribution is 7.89. The quantitative estimate of drug-likeness (QED) is 0.801. The number of carbonyl (C=O) groups is 1. The predicted octanol–water partition coefficient (Wildman–Crippen LogP) is 1.29. The molecule has 25 heavy (non-hydrogen) atoms. The summed E-state index contributed by atoms with van der Waals surface area (Å²) in [5, 5.41) is 2.59. The van der Waals surface area contributed by atoms with Gasteiger partial charge in [0, 0.05) is 32.4 Å². The van der Waals surface area contributed by atoms with Crippen molar-refractivity contribution in [2.24, 2.45) is 0 Å². The Morgan fingerprint density at radius 1 is 1.16 bits per heavy atom.